The van der Waals surface area contributed by atoms with Crippen molar-refractivity contribution in [2.45, 2.75) is 33.0 Å². The smallest absolute Gasteiger partial charge is 0.276 e. The standard InChI is InChI=1S/C20H23N5O2S/c1-12-10-25(11-13(2)27-12)19-7-5-15(9-21-19)22-20(26)17-8-16(23-24-17)18-6-4-14(3)28-18/h4-9,12-13H,10-11H2,1-3H3,(H,22,26)(H,23,24)/t12-,13-/m1/s1. The molecule has 2 atom stereocenters. The second-order valence-electron chi connectivity index (χ2n) is 7.10. The van der Waals surface area contributed by atoms with Gasteiger partial charge in [-0.05, 0) is 51.1 Å². The zero-order chi connectivity index (χ0) is 19.7. The van der Waals surface area contributed by atoms with Gasteiger partial charge in [0, 0.05) is 18.0 Å². The predicted molar refractivity (Wildman–Crippen MR) is 111 cm³/mol. The van der Waals surface area contributed by atoms with Crippen LogP contribution in [0.4, 0.5) is 11.5 Å². The van der Waals surface area contributed by atoms with Gasteiger partial charge in [-0.2, -0.15) is 5.10 Å². The summed E-state index contributed by atoms with van der Waals surface area (Å²) in [5, 5.41) is 9.91. The van der Waals surface area contributed by atoms with Gasteiger partial charge in [-0.3, -0.25) is 9.89 Å². The van der Waals surface area contributed by atoms with E-state index in [2.05, 4.69) is 39.2 Å². The predicted octanol–water partition coefficient (Wildman–Crippen LogP) is 3.71. The highest BCUT2D eigenvalue weighted by Gasteiger charge is 2.23. The van der Waals surface area contributed by atoms with Crippen LogP contribution in [0.1, 0.15) is 29.2 Å². The Morgan fingerprint density at radius 3 is 2.68 bits per heavy atom. The lowest BCUT2D eigenvalue weighted by Gasteiger charge is -2.36. The van der Waals surface area contributed by atoms with E-state index in [0.29, 0.717) is 11.4 Å². The third-order valence-electron chi connectivity index (χ3n) is 4.57. The van der Waals surface area contributed by atoms with E-state index in [0.717, 1.165) is 29.5 Å². The quantitative estimate of drug-likeness (QED) is 0.701. The second kappa shape index (κ2) is 7.73. The third-order valence-corrected chi connectivity index (χ3v) is 5.60. The maximum absolute atomic E-state index is 12.5. The van der Waals surface area contributed by atoms with E-state index in [-0.39, 0.29) is 18.1 Å². The topological polar surface area (TPSA) is 83.1 Å². The van der Waals surface area contributed by atoms with E-state index in [1.54, 1.807) is 23.6 Å². The minimum atomic E-state index is -0.265. The van der Waals surface area contributed by atoms with Crippen molar-refractivity contribution in [1.29, 1.82) is 0 Å². The summed E-state index contributed by atoms with van der Waals surface area (Å²) >= 11 is 1.66. The Bertz CT molecular complexity index is 955. The number of aromatic nitrogens is 3. The minimum absolute atomic E-state index is 0.172. The molecule has 0 bridgehead atoms. The van der Waals surface area contributed by atoms with Gasteiger partial charge in [0.15, 0.2) is 5.69 Å². The van der Waals surface area contributed by atoms with Crippen LogP contribution < -0.4 is 10.2 Å². The van der Waals surface area contributed by atoms with Gasteiger partial charge in [0.2, 0.25) is 0 Å². The number of carbonyl (C=O) groups is 1. The number of morpholine rings is 1. The van der Waals surface area contributed by atoms with Crippen molar-refractivity contribution in [1.82, 2.24) is 15.2 Å². The highest BCUT2D eigenvalue weighted by Crippen LogP contribution is 2.26. The molecule has 7 nitrogen and oxygen atoms in total. The molecule has 2 N–H and O–H groups in total. The van der Waals surface area contributed by atoms with Crippen LogP contribution >= 0.6 is 11.3 Å². The maximum Gasteiger partial charge on any atom is 0.276 e. The van der Waals surface area contributed by atoms with Crippen LogP contribution in [-0.2, 0) is 4.74 Å². The number of rotatable bonds is 4. The van der Waals surface area contributed by atoms with Gasteiger partial charge in [-0.25, -0.2) is 4.98 Å². The lowest BCUT2D eigenvalue weighted by atomic mass is 10.2. The monoisotopic (exact) mass is 397 g/mol. The maximum atomic E-state index is 12.5. The minimum Gasteiger partial charge on any atom is -0.372 e. The Balaban J connectivity index is 1.42. The molecule has 1 aliphatic heterocycles. The molecular weight excluding hydrogens is 374 g/mol. The number of hydrogen-bond donors (Lipinski definition) is 2. The Morgan fingerprint density at radius 1 is 1.25 bits per heavy atom. The number of amides is 1. The van der Waals surface area contributed by atoms with Gasteiger partial charge in [-0.15, -0.1) is 11.3 Å². The molecule has 1 saturated heterocycles. The summed E-state index contributed by atoms with van der Waals surface area (Å²) in [4.78, 5) is 21.5. The summed E-state index contributed by atoms with van der Waals surface area (Å²) < 4.78 is 5.76. The lowest BCUT2D eigenvalue weighted by Crippen LogP contribution is -2.45. The Hall–Kier alpha value is -2.71. The first-order valence-corrected chi connectivity index (χ1v) is 10.1. The third kappa shape index (κ3) is 4.07. The number of aryl methyl sites for hydroxylation is 1. The van der Waals surface area contributed by atoms with E-state index in [4.69, 9.17) is 4.74 Å². The molecule has 0 spiro atoms. The number of thiophene rings is 1. The average Bonchev–Trinajstić information content (AvgIpc) is 3.30. The number of carbonyl (C=O) groups excluding carboxylic acids is 1. The zero-order valence-corrected chi connectivity index (χ0v) is 16.9. The number of ether oxygens (including phenoxy) is 1. The van der Waals surface area contributed by atoms with Crippen molar-refractivity contribution in [3.05, 3.63) is 47.1 Å². The van der Waals surface area contributed by atoms with Gasteiger partial charge < -0.3 is 15.0 Å². The largest absolute Gasteiger partial charge is 0.372 e. The van der Waals surface area contributed by atoms with Gasteiger partial charge in [0.1, 0.15) is 5.82 Å². The average molecular weight is 398 g/mol. The molecule has 4 rings (SSSR count). The Labute approximate surface area is 167 Å². The summed E-state index contributed by atoms with van der Waals surface area (Å²) in [7, 11) is 0. The van der Waals surface area contributed by atoms with Gasteiger partial charge >= 0.3 is 0 Å². The number of hydrogen-bond acceptors (Lipinski definition) is 6. The van der Waals surface area contributed by atoms with Crippen LogP contribution in [0.3, 0.4) is 0 Å². The van der Waals surface area contributed by atoms with Gasteiger partial charge in [-0.1, -0.05) is 0 Å². The molecule has 0 unspecified atom stereocenters. The molecule has 0 saturated carbocycles. The number of nitrogens with zero attached hydrogens (tertiary/aromatic N) is 3. The number of pyridine rings is 1. The van der Waals surface area contributed by atoms with E-state index in [1.807, 2.05) is 31.2 Å². The van der Waals surface area contributed by atoms with Crippen molar-refractivity contribution < 1.29 is 9.53 Å². The molecule has 1 amide bonds. The molecule has 4 heterocycles. The first-order chi connectivity index (χ1) is 13.5. The van der Waals surface area contributed by atoms with E-state index in [9.17, 15) is 4.79 Å². The molecule has 1 aliphatic rings. The number of aromatic amines is 1. The molecular formula is C20H23N5O2S. The summed E-state index contributed by atoms with van der Waals surface area (Å²) in [6, 6.07) is 9.61. The number of H-pyrrole nitrogens is 1. The van der Waals surface area contributed by atoms with Gasteiger partial charge in [0.25, 0.3) is 5.91 Å². The van der Waals surface area contributed by atoms with Crippen LogP contribution in [0.5, 0.6) is 0 Å². The van der Waals surface area contributed by atoms with Crippen LogP contribution in [-0.4, -0.2) is 46.4 Å². The van der Waals surface area contributed by atoms with Gasteiger partial charge in [0.05, 0.1) is 34.7 Å². The Morgan fingerprint density at radius 2 is 2.04 bits per heavy atom. The van der Waals surface area contributed by atoms with Crippen molar-refractivity contribution in [2.24, 2.45) is 0 Å². The number of anilines is 2. The fourth-order valence-electron chi connectivity index (χ4n) is 3.35. The number of nitrogens with one attached hydrogen (secondary N) is 2. The summed E-state index contributed by atoms with van der Waals surface area (Å²) in [5.74, 6) is 0.620. The lowest BCUT2D eigenvalue weighted by molar-refractivity contribution is -0.00545. The van der Waals surface area contributed by atoms with E-state index >= 15 is 0 Å². The molecule has 1 fully saturated rings. The zero-order valence-electron chi connectivity index (χ0n) is 16.1. The molecule has 0 aromatic carbocycles. The van der Waals surface area contributed by atoms with E-state index < -0.39 is 0 Å². The molecule has 8 heteroatoms. The summed E-state index contributed by atoms with van der Waals surface area (Å²) in [5.41, 5.74) is 1.83. The van der Waals surface area contributed by atoms with Crippen LogP contribution in [0, 0.1) is 6.92 Å². The van der Waals surface area contributed by atoms with Crippen LogP contribution in [0.25, 0.3) is 10.6 Å². The summed E-state index contributed by atoms with van der Waals surface area (Å²) in [6.45, 7) is 7.79. The first-order valence-electron chi connectivity index (χ1n) is 9.28. The molecule has 146 valence electrons. The van der Waals surface area contributed by atoms with Crippen molar-refractivity contribution >= 4 is 28.7 Å². The normalized spacial score (nSPS) is 19.6. The fourth-order valence-corrected chi connectivity index (χ4v) is 4.18. The fraction of sp³-hybridized carbons (Fsp3) is 0.350. The van der Waals surface area contributed by atoms with Crippen molar-refractivity contribution in [3.63, 3.8) is 0 Å². The summed E-state index contributed by atoms with van der Waals surface area (Å²) in [6.07, 6.45) is 2.02. The SMILES string of the molecule is Cc1ccc(-c2cc(C(=O)Nc3ccc(N4C[C@@H](C)O[C@H](C)C4)nc3)n[nH]2)s1. The molecule has 3 aromatic rings. The van der Waals surface area contributed by atoms with Crippen molar-refractivity contribution in [2.75, 3.05) is 23.3 Å². The molecule has 3 aromatic heterocycles. The van der Waals surface area contributed by atoms with Crippen LogP contribution in [0.15, 0.2) is 36.5 Å². The highest BCUT2D eigenvalue weighted by atomic mass is 32.1. The van der Waals surface area contributed by atoms with E-state index in [1.165, 1.54) is 4.88 Å². The molecule has 0 radical (unpaired) electrons. The highest BCUT2D eigenvalue weighted by molar-refractivity contribution is 7.15. The molecule has 0 aliphatic carbocycles. The first kappa shape index (κ1) is 18.6. The van der Waals surface area contributed by atoms with Crippen LogP contribution in [0.2, 0.25) is 0 Å². The second-order valence-corrected chi connectivity index (χ2v) is 8.39. The Kier molecular flexibility index (Phi) is 5.15. The molecule has 28 heavy (non-hydrogen) atoms. The van der Waals surface area contributed by atoms with Crippen molar-refractivity contribution in [3.8, 4) is 10.6 Å².